The van der Waals surface area contributed by atoms with Crippen LogP contribution in [0.2, 0.25) is 0 Å². The molecule has 102 valence electrons. The first-order chi connectivity index (χ1) is 8.94. The number of carbonyl (C=O) groups excluding carboxylic acids is 2. The van der Waals surface area contributed by atoms with Crippen LogP contribution in [0.5, 0.6) is 0 Å². The maximum atomic E-state index is 12.6. The predicted molar refractivity (Wildman–Crippen MR) is 71.9 cm³/mol. The summed E-state index contributed by atoms with van der Waals surface area (Å²) in [6, 6.07) is 8.64. The molecule has 1 heterocycles. The van der Waals surface area contributed by atoms with Crippen molar-refractivity contribution in [2.75, 3.05) is 6.54 Å². The molecule has 5 nitrogen and oxygen atoms in total. The van der Waals surface area contributed by atoms with E-state index in [2.05, 4.69) is 0 Å². The van der Waals surface area contributed by atoms with E-state index in [1.165, 1.54) is 4.90 Å². The lowest BCUT2D eigenvalue weighted by Crippen LogP contribution is -2.54. The minimum Gasteiger partial charge on any atom is -0.368 e. The van der Waals surface area contributed by atoms with Crippen LogP contribution in [0.1, 0.15) is 25.3 Å². The minimum atomic E-state index is -1.14. The molecule has 0 aromatic heterocycles. The van der Waals surface area contributed by atoms with Crippen molar-refractivity contribution in [1.82, 2.24) is 4.90 Å². The highest BCUT2D eigenvalue weighted by atomic mass is 16.2. The first-order valence-corrected chi connectivity index (χ1v) is 6.39. The number of nitrogens with two attached hydrogens (primary N) is 2. The number of primary amides is 1. The second-order valence-electron chi connectivity index (χ2n) is 5.13. The number of carbonyl (C=O) groups is 2. The third-order valence-corrected chi connectivity index (χ3v) is 3.66. The summed E-state index contributed by atoms with van der Waals surface area (Å²) in [5, 5.41) is 0. The van der Waals surface area contributed by atoms with Crippen LogP contribution in [-0.2, 0) is 15.1 Å². The van der Waals surface area contributed by atoms with E-state index in [1.807, 2.05) is 30.3 Å². The van der Waals surface area contributed by atoms with Crippen molar-refractivity contribution in [3.63, 3.8) is 0 Å². The van der Waals surface area contributed by atoms with Gasteiger partial charge in [-0.1, -0.05) is 30.3 Å². The van der Waals surface area contributed by atoms with E-state index < -0.39 is 17.5 Å². The molecule has 5 heteroatoms. The molecule has 2 amide bonds. The van der Waals surface area contributed by atoms with Crippen molar-refractivity contribution in [2.24, 2.45) is 11.5 Å². The summed E-state index contributed by atoms with van der Waals surface area (Å²) in [5.74, 6) is -0.713. The molecule has 0 bridgehead atoms. The van der Waals surface area contributed by atoms with Gasteiger partial charge >= 0.3 is 0 Å². The number of rotatable bonds is 3. The van der Waals surface area contributed by atoms with Gasteiger partial charge < -0.3 is 16.4 Å². The maximum Gasteiger partial charge on any atom is 0.247 e. The van der Waals surface area contributed by atoms with E-state index in [1.54, 1.807) is 6.92 Å². The predicted octanol–water partition coefficient (Wildman–Crippen LogP) is 0.337. The number of amides is 2. The van der Waals surface area contributed by atoms with Gasteiger partial charge in [0.25, 0.3) is 0 Å². The Morgan fingerprint density at radius 3 is 2.53 bits per heavy atom. The molecular weight excluding hydrogens is 242 g/mol. The average Bonchev–Trinajstić information content (AvgIpc) is 2.88. The van der Waals surface area contributed by atoms with Gasteiger partial charge in [0.15, 0.2) is 0 Å². The fraction of sp³-hybridized carbons (Fsp3) is 0.429. The van der Waals surface area contributed by atoms with Crippen LogP contribution in [0.25, 0.3) is 0 Å². The molecule has 0 saturated carbocycles. The second-order valence-corrected chi connectivity index (χ2v) is 5.13. The standard InChI is InChI=1S/C14H19N3O2/c1-14(16,10-6-3-2-4-7-10)13(19)17-9-5-8-11(17)12(15)18/h2-4,6-7,11H,5,8-9,16H2,1H3,(H2,15,18). The topological polar surface area (TPSA) is 89.4 Å². The van der Waals surface area contributed by atoms with E-state index in [0.717, 1.165) is 12.0 Å². The van der Waals surface area contributed by atoms with Crippen molar-refractivity contribution in [3.8, 4) is 0 Å². The van der Waals surface area contributed by atoms with Crippen LogP contribution < -0.4 is 11.5 Å². The Balaban J connectivity index is 2.26. The summed E-state index contributed by atoms with van der Waals surface area (Å²) in [6.07, 6.45) is 1.40. The Bertz CT molecular complexity index is 485. The molecule has 1 aliphatic heterocycles. The van der Waals surface area contributed by atoms with E-state index >= 15 is 0 Å². The first kappa shape index (κ1) is 13.5. The van der Waals surface area contributed by atoms with Gasteiger partial charge in [-0.25, -0.2) is 0 Å². The van der Waals surface area contributed by atoms with Crippen LogP contribution in [0.3, 0.4) is 0 Å². The van der Waals surface area contributed by atoms with E-state index in [0.29, 0.717) is 13.0 Å². The zero-order valence-corrected chi connectivity index (χ0v) is 11.0. The van der Waals surface area contributed by atoms with E-state index in [4.69, 9.17) is 11.5 Å². The van der Waals surface area contributed by atoms with Crippen molar-refractivity contribution in [1.29, 1.82) is 0 Å². The van der Waals surface area contributed by atoms with Gasteiger partial charge in [-0.05, 0) is 25.3 Å². The monoisotopic (exact) mass is 261 g/mol. The molecule has 2 unspecified atom stereocenters. The summed E-state index contributed by atoms with van der Waals surface area (Å²) in [6.45, 7) is 2.20. The highest BCUT2D eigenvalue weighted by molar-refractivity contribution is 5.92. The van der Waals surface area contributed by atoms with Crippen LogP contribution in [0, 0.1) is 0 Å². The molecule has 4 N–H and O–H groups in total. The molecule has 1 aliphatic rings. The summed E-state index contributed by atoms with van der Waals surface area (Å²) < 4.78 is 0. The molecule has 2 atom stereocenters. The van der Waals surface area contributed by atoms with Crippen LogP contribution in [-0.4, -0.2) is 29.3 Å². The summed E-state index contributed by atoms with van der Waals surface area (Å²) in [5.41, 5.74) is 11.1. The molecule has 1 saturated heterocycles. The third-order valence-electron chi connectivity index (χ3n) is 3.66. The van der Waals surface area contributed by atoms with Crippen LogP contribution >= 0.6 is 0 Å². The van der Waals surface area contributed by atoms with Crippen molar-refractivity contribution >= 4 is 11.8 Å². The van der Waals surface area contributed by atoms with E-state index in [-0.39, 0.29) is 5.91 Å². The zero-order chi connectivity index (χ0) is 14.0. The molecule has 1 aromatic rings. The molecule has 1 fully saturated rings. The van der Waals surface area contributed by atoms with Gasteiger partial charge in [-0.15, -0.1) is 0 Å². The van der Waals surface area contributed by atoms with Gasteiger partial charge in [0.1, 0.15) is 11.6 Å². The largest absolute Gasteiger partial charge is 0.368 e. The maximum absolute atomic E-state index is 12.6. The fourth-order valence-corrected chi connectivity index (χ4v) is 2.51. The van der Waals surface area contributed by atoms with Crippen molar-refractivity contribution < 1.29 is 9.59 Å². The Morgan fingerprint density at radius 1 is 1.32 bits per heavy atom. The Morgan fingerprint density at radius 2 is 1.95 bits per heavy atom. The minimum absolute atomic E-state index is 0.250. The number of hydrogen-bond donors (Lipinski definition) is 2. The Labute approximate surface area is 112 Å². The molecule has 0 aliphatic carbocycles. The zero-order valence-electron chi connectivity index (χ0n) is 11.0. The van der Waals surface area contributed by atoms with Gasteiger partial charge in [-0.2, -0.15) is 0 Å². The first-order valence-electron chi connectivity index (χ1n) is 6.39. The van der Waals surface area contributed by atoms with Gasteiger partial charge in [0.05, 0.1) is 0 Å². The number of hydrogen-bond acceptors (Lipinski definition) is 3. The van der Waals surface area contributed by atoms with Crippen LogP contribution in [0.4, 0.5) is 0 Å². The smallest absolute Gasteiger partial charge is 0.247 e. The summed E-state index contributed by atoms with van der Waals surface area (Å²) in [4.78, 5) is 25.5. The van der Waals surface area contributed by atoms with Crippen molar-refractivity contribution in [3.05, 3.63) is 35.9 Å². The quantitative estimate of drug-likeness (QED) is 0.822. The van der Waals surface area contributed by atoms with Gasteiger partial charge in [-0.3, -0.25) is 9.59 Å². The molecular formula is C14H19N3O2. The molecule has 2 rings (SSSR count). The lowest BCUT2D eigenvalue weighted by molar-refractivity contribution is -0.141. The third kappa shape index (κ3) is 2.46. The highest BCUT2D eigenvalue weighted by Crippen LogP contribution is 2.25. The highest BCUT2D eigenvalue weighted by Gasteiger charge is 2.41. The molecule has 0 radical (unpaired) electrons. The molecule has 19 heavy (non-hydrogen) atoms. The summed E-state index contributed by atoms with van der Waals surface area (Å²) in [7, 11) is 0. The Kier molecular flexibility index (Phi) is 3.57. The second kappa shape index (κ2) is 5.01. The average molecular weight is 261 g/mol. The lowest BCUT2D eigenvalue weighted by Gasteiger charge is -2.32. The number of nitrogens with zero attached hydrogens (tertiary/aromatic N) is 1. The lowest BCUT2D eigenvalue weighted by atomic mass is 9.91. The van der Waals surface area contributed by atoms with Crippen molar-refractivity contribution in [2.45, 2.75) is 31.3 Å². The van der Waals surface area contributed by atoms with Gasteiger partial charge in [0.2, 0.25) is 11.8 Å². The molecule has 1 aromatic carbocycles. The Hall–Kier alpha value is -1.88. The molecule has 0 spiro atoms. The number of likely N-dealkylation sites (tertiary alicyclic amines) is 1. The van der Waals surface area contributed by atoms with Crippen LogP contribution in [0.15, 0.2) is 30.3 Å². The SMILES string of the molecule is CC(N)(C(=O)N1CCCC1C(N)=O)c1ccccc1. The van der Waals surface area contributed by atoms with Gasteiger partial charge in [0, 0.05) is 6.54 Å². The summed E-state index contributed by atoms with van der Waals surface area (Å²) >= 11 is 0. The normalized spacial score (nSPS) is 22.0. The number of benzene rings is 1. The fourth-order valence-electron chi connectivity index (χ4n) is 2.51. The van der Waals surface area contributed by atoms with E-state index in [9.17, 15) is 9.59 Å².